The minimum absolute atomic E-state index is 0.148. The van der Waals surface area contributed by atoms with E-state index in [4.69, 9.17) is 0 Å². The molecule has 0 aliphatic heterocycles. The molecule has 0 radical (unpaired) electrons. The van der Waals surface area contributed by atoms with E-state index >= 15 is 0 Å². The number of sulfonamides is 1. The number of aliphatic hydroxyl groups is 1. The minimum atomic E-state index is -3.47. The molecule has 1 rings (SSSR count). The smallest absolute Gasteiger partial charge is 0.244 e. The van der Waals surface area contributed by atoms with E-state index in [0.717, 1.165) is 12.8 Å². The van der Waals surface area contributed by atoms with Crippen molar-refractivity contribution in [1.29, 1.82) is 0 Å². The van der Waals surface area contributed by atoms with Gasteiger partial charge in [0.2, 0.25) is 10.0 Å². The lowest BCUT2D eigenvalue weighted by Crippen LogP contribution is -2.30. The van der Waals surface area contributed by atoms with Crippen LogP contribution in [0.1, 0.15) is 39.3 Å². The molecule has 0 bridgehead atoms. The molecule has 0 aliphatic rings. The van der Waals surface area contributed by atoms with Gasteiger partial charge in [0.1, 0.15) is 4.90 Å². The standard InChI is InChI=1S/C14H26N2O3S/c1-5-7-16-10-14(8-13(16)11-17)20(18,19)15(4)9-12(3)6-2/h8,10,12,17H,5-7,9,11H2,1-4H3. The Morgan fingerprint density at radius 3 is 2.55 bits per heavy atom. The van der Waals surface area contributed by atoms with Crippen molar-refractivity contribution in [2.45, 2.75) is 51.7 Å². The predicted octanol–water partition coefficient (Wildman–Crippen LogP) is 2.06. The number of hydrogen-bond donors (Lipinski definition) is 1. The monoisotopic (exact) mass is 302 g/mol. The van der Waals surface area contributed by atoms with Crippen LogP contribution in [0, 0.1) is 5.92 Å². The lowest BCUT2D eigenvalue weighted by molar-refractivity contribution is 0.270. The number of rotatable bonds is 8. The summed E-state index contributed by atoms with van der Waals surface area (Å²) in [5.74, 6) is 0.324. The molecule has 0 amide bonds. The van der Waals surface area contributed by atoms with Crippen molar-refractivity contribution in [3.63, 3.8) is 0 Å². The second-order valence-electron chi connectivity index (χ2n) is 5.32. The Hall–Kier alpha value is -0.850. The van der Waals surface area contributed by atoms with Crippen LogP contribution < -0.4 is 0 Å². The van der Waals surface area contributed by atoms with E-state index in [1.54, 1.807) is 19.3 Å². The fourth-order valence-corrected chi connectivity index (χ4v) is 3.45. The van der Waals surface area contributed by atoms with E-state index in [1.807, 2.05) is 25.3 Å². The van der Waals surface area contributed by atoms with E-state index in [-0.39, 0.29) is 11.5 Å². The van der Waals surface area contributed by atoms with Crippen molar-refractivity contribution >= 4 is 10.0 Å². The van der Waals surface area contributed by atoms with E-state index in [2.05, 4.69) is 0 Å². The van der Waals surface area contributed by atoms with Gasteiger partial charge in [0.05, 0.1) is 6.61 Å². The van der Waals surface area contributed by atoms with Crippen molar-refractivity contribution in [3.8, 4) is 0 Å². The highest BCUT2D eigenvalue weighted by atomic mass is 32.2. The van der Waals surface area contributed by atoms with Gasteiger partial charge in [-0.3, -0.25) is 0 Å². The molecule has 0 spiro atoms. The first-order valence-corrected chi connectivity index (χ1v) is 8.57. The van der Waals surface area contributed by atoms with Gasteiger partial charge in [-0.2, -0.15) is 0 Å². The molecule has 1 N–H and O–H groups in total. The third-order valence-electron chi connectivity index (χ3n) is 3.56. The van der Waals surface area contributed by atoms with Gasteiger partial charge >= 0.3 is 0 Å². The van der Waals surface area contributed by atoms with E-state index in [1.165, 1.54) is 4.31 Å². The molecule has 0 aromatic carbocycles. The Balaban J connectivity index is 3.03. The van der Waals surface area contributed by atoms with Crippen molar-refractivity contribution in [3.05, 3.63) is 18.0 Å². The first-order valence-electron chi connectivity index (χ1n) is 7.13. The summed E-state index contributed by atoms with van der Waals surface area (Å²) >= 11 is 0. The predicted molar refractivity (Wildman–Crippen MR) is 79.9 cm³/mol. The van der Waals surface area contributed by atoms with Gasteiger partial charge in [-0.15, -0.1) is 0 Å². The minimum Gasteiger partial charge on any atom is -0.390 e. The molecular weight excluding hydrogens is 276 g/mol. The molecule has 1 aromatic rings. The van der Waals surface area contributed by atoms with Gasteiger partial charge in [0.15, 0.2) is 0 Å². The molecule has 5 nitrogen and oxygen atoms in total. The molecule has 0 aliphatic carbocycles. The second kappa shape index (κ2) is 7.24. The van der Waals surface area contributed by atoms with Crippen LogP contribution in [0.2, 0.25) is 0 Å². The van der Waals surface area contributed by atoms with Gasteiger partial charge in [0.25, 0.3) is 0 Å². The number of hydrogen-bond acceptors (Lipinski definition) is 3. The summed E-state index contributed by atoms with van der Waals surface area (Å²) in [5, 5.41) is 9.32. The van der Waals surface area contributed by atoms with Crippen LogP contribution >= 0.6 is 0 Å². The SMILES string of the molecule is CCCn1cc(S(=O)(=O)N(C)CC(C)CC)cc1CO. The number of aromatic nitrogens is 1. The quantitative estimate of drug-likeness (QED) is 0.799. The van der Waals surface area contributed by atoms with Crippen molar-refractivity contribution in [2.24, 2.45) is 5.92 Å². The van der Waals surface area contributed by atoms with Gasteiger partial charge in [-0.05, 0) is 18.4 Å². The molecular formula is C14H26N2O3S. The van der Waals surface area contributed by atoms with Crippen molar-refractivity contribution in [1.82, 2.24) is 8.87 Å². The number of nitrogens with zero attached hydrogens (tertiary/aromatic N) is 2. The Bertz CT molecular complexity index is 523. The highest BCUT2D eigenvalue weighted by molar-refractivity contribution is 7.89. The zero-order valence-electron chi connectivity index (χ0n) is 12.8. The first-order chi connectivity index (χ1) is 9.36. The van der Waals surface area contributed by atoms with Crippen molar-refractivity contribution < 1.29 is 13.5 Å². The Morgan fingerprint density at radius 1 is 1.40 bits per heavy atom. The molecule has 0 saturated heterocycles. The topological polar surface area (TPSA) is 62.5 Å². The van der Waals surface area contributed by atoms with Crippen molar-refractivity contribution in [2.75, 3.05) is 13.6 Å². The summed E-state index contributed by atoms with van der Waals surface area (Å²) in [7, 11) is -1.86. The molecule has 0 fully saturated rings. The molecule has 1 atom stereocenters. The Kier molecular flexibility index (Phi) is 6.23. The molecule has 1 heterocycles. The number of aryl methyl sites for hydroxylation is 1. The fourth-order valence-electron chi connectivity index (χ4n) is 2.09. The summed E-state index contributed by atoms with van der Waals surface area (Å²) in [6, 6.07) is 1.57. The largest absolute Gasteiger partial charge is 0.390 e. The summed E-state index contributed by atoms with van der Waals surface area (Å²) in [4.78, 5) is 0.265. The second-order valence-corrected chi connectivity index (χ2v) is 7.36. The Labute approximate surface area is 122 Å². The van der Waals surface area contributed by atoms with Gasteiger partial charge in [-0.1, -0.05) is 27.2 Å². The maximum absolute atomic E-state index is 12.5. The summed E-state index contributed by atoms with van der Waals surface area (Å²) in [6.07, 6.45) is 3.46. The van der Waals surface area contributed by atoms with Gasteiger partial charge in [0, 0.05) is 32.0 Å². The van der Waals surface area contributed by atoms with E-state index < -0.39 is 10.0 Å². The summed E-state index contributed by atoms with van der Waals surface area (Å²) in [6.45, 7) is 7.17. The molecule has 1 unspecified atom stereocenters. The first kappa shape index (κ1) is 17.2. The van der Waals surface area contributed by atoms with Crippen LogP contribution in [0.5, 0.6) is 0 Å². The average Bonchev–Trinajstić information content (AvgIpc) is 2.82. The third-order valence-corrected chi connectivity index (χ3v) is 5.35. The lowest BCUT2D eigenvalue weighted by atomic mass is 10.1. The highest BCUT2D eigenvalue weighted by Gasteiger charge is 2.24. The van der Waals surface area contributed by atoms with Gasteiger partial charge in [-0.25, -0.2) is 12.7 Å². The summed E-state index contributed by atoms with van der Waals surface area (Å²) < 4.78 is 28.2. The van der Waals surface area contributed by atoms with E-state index in [0.29, 0.717) is 24.7 Å². The zero-order valence-corrected chi connectivity index (χ0v) is 13.7. The lowest BCUT2D eigenvalue weighted by Gasteiger charge is -2.19. The van der Waals surface area contributed by atoms with Crippen LogP contribution in [0.15, 0.2) is 17.2 Å². The fraction of sp³-hybridized carbons (Fsp3) is 0.714. The van der Waals surface area contributed by atoms with E-state index in [9.17, 15) is 13.5 Å². The molecule has 20 heavy (non-hydrogen) atoms. The van der Waals surface area contributed by atoms with Crippen LogP contribution in [0.4, 0.5) is 0 Å². The number of aliphatic hydroxyl groups excluding tert-OH is 1. The molecule has 1 aromatic heterocycles. The molecule has 0 saturated carbocycles. The van der Waals surface area contributed by atoms with Gasteiger partial charge < -0.3 is 9.67 Å². The van der Waals surface area contributed by atoms with Crippen LogP contribution in [-0.2, 0) is 23.2 Å². The van der Waals surface area contributed by atoms with Crippen LogP contribution in [0.3, 0.4) is 0 Å². The molecule has 116 valence electrons. The summed E-state index contributed by atoms with van der Waals surface area (Å²) in [5.41, 5.74) is 0.641. The van der Waals surface area contributed by atoms with Crippen LogP contribution in [0.25, 0.3) is 0 Å². The Morgan fingerprint density at radius 2 is 2.05 bits per heavy atom. The normalized spacial score (nSPS) is 13.9. The highest BCUT2D eigenvalue weighted by Crippen LogP contribution is 2.20. The zero-order chi connectivity index (χ0) is 15.3. The maximum Gasteiger partial charge on any atom is 0.244 e. The third kappa shape index (κ3) is 3.84. The van der Waals surface area contributed by atoms with Crippen LogP contribution in [-0.4, -0.2) is 36.0 Å². The molecule has 6 heteroatoms. The average molecular weight is 302 g/mol. The maximum atomic E-state index is 12.5.